The lowest BCUT2D eigenvalue weighted by Crippen LogP contribution is -2.38. The van der Waals surface area contributed by atoms with Crippen LogP contribution in [0, 0.1) is 27.7 Å². The zero-order chi connectivity index (χ0) is 8.59. The van der Waals surface area contributed by atoms with Crippen molar-refractivity contribution in [1.29, 1.82) is 0 Å². The summed E-state index contributed by atoms with van der Waals surface area (Å²) in [6.45, 7) is 8.31. The van der Waals surface area contributed by atoms with Crippen molar-refractivity contribution >= 4 is 0 Å². The minimum absolute atomic E-state index is 1.07. The molecule has 0 unspecified atom stereocenters. The minimum Gasteiger partial charge on any atom is -0.235 e. The van der Waals surface area contributed by atoms with Gasteiger partial charge in [0.2, 0.25) is 0 Å². The topological polar surface area (TPSA) is 16.8 Å². The summed E-state index contributed by atoms with van der Waals surface area (Å²) in [5, 5.41) is 0. The van der Waals surface area contributed by atoms with Gasteiger partial charge in [-0.3, -0.25) is 0 Å². The van der Waals surface area contributed by atoms with Gasteiger partial charge in [0.25, 0.3) is 5.82 Å². The van der Waals surface area contributed by atoms with Crippen molar-refractivity contribution in [1.82, 2.24) is 4.98 Å². The third-order valence-corrected chi connectivity index (χ3v) is 2.40. The van der Waals surface area contributed by atoms with E-state index in [2.05, 4.69) is 30.3 Å². The van der Waals surface area contributed by atoms with E-state index in [0.29, 0.717) is 0 Å². The summed E-state index contributed by atoms with van der Waals surface area (Å²) in [4.78, 5) is 4.40. The van der Waals surface area contributed by atoms with Crippen molar-refractivity contribution < 1.29 is 4.57 Å². The highest BCUT2D eigenvalue weighted by Gasteiger charge is 2.12. The Balaban J connectivity index is 3.46. The maximum absolute atomic E-state index is 4.40. The minimum atomic E-state index is 1.07. The van der Waals surface area contributed by atoms with E-state index in [1.54, 1.807) is 0 Å². The molecule has 1 heterocycles. The summed E-state index contributed by atoms with van der Waals surface area (Å²) in [6, 6.07) is 0. The fourth-order valence-corrected chi connectivity index (χ4v) is 1.16. The number of hydrogen-bond donors (Lipinski definition) is 0. The average molecular weight is 151 g/mol. The van der Waals surface area contributed by atoms with Gasteiger partial charge in [0.1, 0.15) is 5.69 Å². The fourth-order valence-electron chi connectivity index (χ4n) is 1.16. The monoisotopic (exact) mass is 151 g/mol. The van der Waals surface area contributed by atoms with E-state index in [1.807, 2.05) is 14.0 Å². The lowest BCUT2D eigenvalue weighted by atomic mass is 10.2. The highest BCUT2D eigenvalue weighted by molar-refractivity contribution is 5.17. The van der Waals surface area contributed by atoms with Gasteiger partial charge in [0, 0.05) is 19.4 Å². The van der Waals surface area contributed by atoms with Crippen LogP contribution in [0.4, 0.5) is 0 Å². The summed E-state index contributed by atoms with van der Waals surface area (Å²) in [7, 11) is 2.05. The van der Waals surface area contributed by atoms with E-state index in [-0.39, 0.29) is 0 Å². The number of hydrogen-bond acceptors (Lipinski definition) is 1. The molecule has 1 aromatic heterocycles. The fraction of sp³-hybridized carbons (Fsp3) is 0.556. The van der Waals surface area contributed by atoms with Crippen LogP contribution in [0.1, 0.15) is 22.8 Å². The van der Waals surface area contributed by atoms with E-state index in [9.17, 15) is 0 Å². The van der Waals surface area contributed by atoms with Gasteiger partial charge >= 0.3 is 0 Å². The Kier molecular flexibility index (Phi) is 1.94. The van der Waals surface area contributed by atoms with Gasteiger partial charge in [-0.15, -0.1) is 0 Å². The molecule has 0 amide bonds. The highest BCUT2D eigenvalue weighted by atomic mass is 15.0. The largest absolute Gasteiger partial charge is 0.295 e. The van der Waals surface area contributed by atoms with E-state index < -0.39 is 0 Å². The third kappa shape index (κ3) is 1.25. The van der Waals surface area contributed by atoms with Crippen LogP contribution in [0.15, 0.2) is 0 Å². The van der Waals surface area contributed by atoms with E-state index in [1.165, 1.54) is 11.3 Å². The number of rotatable bonds is 0. The first-order chi connectivity index (χ1) is 5.04. The molecule has 60 valence electrons. The van der Waals surface area contributed by atoms with Crippen LogP contribution in [-0.4, -0.2) is 4.98 Å². The van der Waals surface area contributed by atoms with Gasteiger partial charge < -0.3 is 0 Å². The summed E-state index contributed by atoms with van der Waals surface area (Å²) < 4.78 is 2.11. The number of aryl methyl sites for hydroxylation is 2. The van der Waals surface area contributed by atoms with Gasteiger partial charge in [0.15, 0.2) is 5.69 Å². The first-order valence-corrected chi connectivity index (χ1v) is 3.84. The van der Waals surface area contributed by atoms with Crippen molar-refractivity contribution in [2.45, 2.75) is 27.7 Å². The predicted molar refractivity (Wildman–Crippen MR) is 44.4 cm³/mol. The Morgan fingerprint density at radius 2 is 1.64 bits per heavy atom. The molecule has 1 rings (SSSR count). The van der Waals surface area contributed by atoms with Crippen LogP contribution in [0.25, 0.3) is 0 Å². The molecule has 0 saturated heterocycles. The molecular weight excluding hydrogens is 136 g/mol. The first kappa shape index (κ1) is 8.18. The summed E-state index contributed by atoms with van der Waals surface area (Å²) in [5.74, 6) is 1.07. The predicted octanol–water partition coefficient (Wildman–Crippen LogP) is 1.14. The van der Waals surface area contributed by atoms with Crippen LogP contribution >= 0.6 is 0 Å². The molecule has 0 aliphatic heterocycles. The SMILES string of the molecule is Cc1nc(C)[n+](C)c(C)c1C. The quantitative estimate of drug-likeness (QED) is 0.508. The summed E-state index contributed by atoms with van der Waals surface area (Å²) in [5.41, 5.74) is 3.73. The van der Waals surface area contributed by atoms with Crippen LogP contribution in [0.2, 0.25) is 0 Å². The van der Waals surface area contributed by atoms with Crippen molar-refractivity contribution in [3.05, 3.63) is 22.8 Å². The Hall–Kier alpha value is -0.920. The van der Waals surface area contributed by atoms with Gasteiger partial charge in [0.05, 0.1) is 7.05 Å². The summed E-state index contributed by atoms with van der Waals surface area (Å²) in [6.07, 6.45) is 0. The van der Waals surface area contributed by atoms with E-state index in [0.717, 1.165) is 11.5 Å². The Bertz CT molecular complexity index is 264. The second kappa shape index (κ2) is 2.61. The van der Waals surface area contributed by atoms with Crippen LogP contribution in [0.5, 0.6) is 0 Å². The first-order valence-electron chi connectivity index (χ1n) is 3.84. The third-order valence-electron chi connectivity index (χ3n) is 2.40. The number of nitrogens with zero attached hydrogens (tertiary/aromatic N) is 2. The molecule has 0 aliphatic rings. The molecule has 0 spiro atoms. The summed E-state index contributed by atoms with van der Waals surface area (Å²) >= 11 is 0. The molecule has 1 aromatic rings. The Morgan fingerprint density at radius 3 is 2.18 bits per heavy atom. The maximum atomic E-state index is 4.40. The zero-order valence-electron chi connectivity index (χ0n) is 7.89. The second-order valence-corrected chi connectivity index (χ2v) is 3.01. The van der Waals surface area contributed by atoms with Gasteiger partial charge in [-0.25, -0.2) is 4.57 Å². The highest BCUT2D eigenvalue weighted by Crippen LogP contribution is 2.04. The molecule has 0 saturated carbocycles. The molecule has 0 N–H and O–H groups in total. The molecule has 2 heteroatoms. The zero-order valence-corrected chi connectivity index (χ0v) is 7.89. The lowest BCUT2D eigenvalue weighted by molar-refractivity contribution is -0.687. The average Bonchev–Trinajstić information content (AvgIpc) is 1.97. The normalized spacial score (nSPS) is 10.3. The Labute approximate surface area is 67.9 Å². The molecule has 0 bridgehead atoms. The van der Waals surface area contributed by atoms with Crippen LogP contribution < -0.4 is 4.57 Å². The molecule has 0 fully saturated rings. The van der Waals surface area contributed by atoms with Gasteiger partial charge in [-0.2, -0.15) is 0 Å². The second-order valence-electron chi connectivity index (χ2n) is 3.01. The molecule has 0 aromatic carbocycles. The standard InChI is InChI=1S/C9H15N2/c1-6-7(2)10-9(4)11(5)8(6)3/h1-5H3/q+1. The molecule has 0 atom stereocenters. The van der Waals surface area contributed by atoms with Crippen LogP contribution in [-0.2, 0) is 7.05 Å². The van der Waals surface area contributed by atoms with Gasteiger partial charge in [-0.05, 0) is 13.8 Å². The van der Waals surface area contributed by atoms with E-state index in [4.69, 9.17) is 0 Å². The Morgan fingerprint density at radius 1 is 1.09 bits per heavy atom. The maximum Gasteiger partial charge on any atom is 0.295 e. The molecule has 11 heavy (non-hydrogen) atoms. The van der Waals surface area contributed by atoms with Gasteiger partial charge in [-0.1, -0.05) is 4.98 Å². The number of aromatic nitrogens is 2. The molecule has 2 nitrogen and oxygen atoms in total. The lowest BCUT2D eigenvalue weighted by Gasteiger charge is -2.02. The van der Waals surface area contributed by atoms with Crippen molar-refractivity contribution in [2.75, 3.05) is 0 Å². The van der Waals surface area contributed by atoms with E-state index >= 15 is 0 Å². The smallest absolute Gasteiger partial charge is 0.235 e. The van der Waals surface area contributed by atoms with Crippen molar-refractivity contribution in [2.24, 2.45) is 7.05 Å². The molecule has 0 radical (unpaired) electrons. The molecule has 0 aliphatic carbocycles. The van der Waals surface area contributed by atoms with Crippen LogP contribution in [0.3, 0.4) is 0 Å². The molecular formula is C9H15N2+. The van der Waals surface area contributed by atoms with Crippen molar-refractivity contribution in [3.63, 3.8) is 0 Å². The van der Waals surface area contributed by atoms with Crippen molar-refractivity contribution in [3.8, 4) is 0 Å².